The average Bonchev–Trinajstić information content (AvgIpc) is 2.78. The molecule has 2 rings (SSSR count). The van der Waals surface area contributed by atoms with E-state index >= 15 is 0 Å². The number of aromatic nitrogens is 1. The molecule has 2 aromatic rings. The topological polar surface area (TPSA) is 34.1 Å². The molecule has 0 radical (unpaired) electrons. The first kappa shape index (κ1) is 14.5. The van der Waals surface area contributed by atoms with Crippen LogP contribution in [-0.2, 0) is 0 Å². The zero-order chi connectivity index (χ0) is 13.7. The molecule has 0 aliphatic rings. The minimum absolute atomic E-state index is 0.442. The van der Waals surface area contributed by atoms with Gasteiger partial charge < -0.3 is 10.1 Å². The lowest BCUT2D eigenvalue weighted by molar-refractivity contribution is 0.341. The highest BCUT2D eigenvalue weighted by atomic mass is 32.2. The number of thioether (sulfide) groups is 1. The summed E-state index contributed by atoms with van der Waals surface area (Å²) < 4.78 is 6.68. The molecule has 0 fully saturated rings. The van der Waals surface area contributed by atoms with Gasteiger partial charge in [0.05, 0.1) is 16.8 Å². The fraction of sp³-hybridized carbons (Fsp3) is 0.500. The summed E-state index contributed by atoms with van der Waals surface area (Å²) >= 11 is 3.63. The Kier molecular flexibility index (Phi) is 5.34. The van der Waals surface area contributed by atoms with Crippen molar-refractivity contribution in [2.75, 3.05) is 23.4 Å². The number of rotatable bonds is 7. The largest absolute Gasteiger partial charge is 0.494 e. The Hall–Kier alpha value is -0.940. The molecule has 1 aromatic heterocycles. The molecule has 0 saturated carbocycles. The van der Waals surface area contributed by atoms with E-state index in [1.165, 1.54) is 4.70 Å². The van der Waals surface area contributed by atoms with Gasteiger partial charge in [-0.3, -0.25) is 0 Å². The summed E-state index contributed by atoms with van der Waals surface area (Å²) in [6.45, 7) is 7.07. The van der Waals surface area contributed by atoms with Crippen LogP contribution in [0.1, 0.15) is 20.8 Å². The number of hydrogen-bond acceptors (Lipinski definition) is 5. The minimum Gasteiger partial charge on any atom is -0.494 e. The number of anilines is 1. The van der Waals surface area contributed by atoms with E-state index in [1.54, 1.807) is 11.3 Å². The van der Waals surface area contributed by atoms with Gasteiger partial charge in [0.2, 0.25) is 0 Å². The Labute approximate surface area is 122 Å². The van der Waals surface area contributed by atoms with Crippen LogP contribution in [0.2, 0.25) is 0 Å². The first-order chi connectivity index (χ1) is 9.22. The number of thiazole rings is 1. The number of benzene rings is 1. The van der Waals surface area contributed by atoms with Crippen molar-refractivity contribution in [2.45, 2.75) is 26.8 Å². The minimum atomic E-state index is 0.442. The van der Waals surface area contributed by atoms with Crippen LogP contribution < -0.4 is 10.1 Å². The maximum Gasteiger partial charge on any atom is 0.184 e. The summed E-state index contributed by atoms with van der Waals surface area (Å²) in [6.07, 6.45) is 0. The third-order valence-electron chi connectivity index (χ3n) is 2.61. The van der Waals surface area contributed by atoms with E-state index in [-0.39, 0.29) is 0 Å². The lowest BCUT2D eigenvalue weighted by Crippen LogP contribution is -2.17. The SMILES string of the molecule is CCOc1ccc2nc(NC(C)CSCC)sc2c1. The van der Waals surface area contributed by atoms with Crippen molar-refractivity contribution >= 4 is 38.4 Å². The molecule has 3 nitrogen and oxygen atoms in total. The van der Waals surface area contributed by atoms with E-state index in [4.69, 9.17) is 4.74 Å². The van der Waals surface area contributed by atoms with E-state index in [0.29, 0.717) is 12.6 Å². The Morgan fingerprint density at radius 1 is 1.42 bits per heavy atom. The van der Waals surface area contributed by atoms with Crippen molar-refractivity contribution < 1.29 is 4.74 Å². The second-order valence-electron chi connectivity index (χ2n) is 4.29. The Morgan fingerprint density at radius 2 is 2.26 bits per heavy atom. The molecule has 0 spiro atoms. The molecule has 0 aliphatic heterocycles. The Morgan fingerprint density at radius 3 is 3.00 bits per heavy atom. The van der Waals surface area contributed by atoms with Crippen LogP contribution in [0.3, 0.4) is 0 Å². The van der Waals surface area contributed by atoms with Crippen molar-refractivity contribution in [3.8, 4) is 5.75 Å². The number of nitrogens with one attached hydrogen (secondary N) is 1. The average molecular weight is 296 g/mol. The van der Waals surface area contributed by atoms with Gasteiger partial charge in [0.25, 0.3) is 0 Å². The standard InChI is InChI=1S/C14H20N2OS2/c1-4-17-11-6-7-12-13(8-11)19-14(16-12)15-10(3)9-18-5-2/h6-8,10H,4-5,9H2,1-3H3,(H,15,16). The maximum atomic E-state index is 5.51. The highest BCUT2D eigenvalue weighted by Crippen LogP contribution is 2.29. The van der Waals surface area contributed by atoms with E-state index in [0.717, 1.165) is 27.9 Å². The van der Waals surface area contributed by atoms with Crippen molar-refractivity contribution in [3.63, 3.8) is 0 Å². The molecule has 1 atom stereocenters. The number of ether oxygens (including phenoxy) is 1. The van der Waals surface area contributed by atoms with Gasteiger partial charge in [-0.2, -0.15) is 11.8 Å². The molecule has 1 N–H and O–H groups in total. The molecule has 1 heterocycles. The summed E-state index contributed by atoms with van der Waals surface area (Å²) in [6, 6.07) is 6.50. The molecule has 0 amide bonds. The van der Waals surface area contributed by atoms with Gasteiger partial charge in [-0.15, -0.1) is 0 Å². The third-order valence-corrected chi connectivity index (χ3v) is 4.71. The van der Waals surface area contributed by atoms with Gasteiger partial charge >= 0.3 is 0 Å². The molecular formula is C14H20N2OS2. The summed E-state index contributed by atoms with van der Waals surface area (Å²) in [5.41, 5.74) is 1.03. The van der Waals surface area contributed by atoms with Gasteiger partial charge in [0.15, 0.2) is 5.13 Å². The summed E-state index contributed by atoms with van der Waals surface area (Å²) in [7, 11) is 0. The molecule has 5 heteroatoms. The van der Waals surface area contributed by atoms with Crippen LogP contribution in [0.15, 0.2) is 18.2 Å². The monoisotopic (exact) mass is 296 g/mol. The van der Waals surface area contributed by atoms with Gasteiger partial charge in [0, 0.05) is 11.8 Å². The fourth-order valence-corrected chi connectivity index (χ4v) is 3.45. The third kappa shape index (κ3) is 4.01. The molecule has 19 heavy (non-hydrogen) atoms. The first-order valence-corrected chi connectivity index (χ1v) is 8.57. The van der Waals surface area contributed by atoms with Gasteiger partial charge in [-0.05, 0) is 37.8 Å². The molecule has 104 valence electrons. The van der Waals surface area contributed by atoms with E-state index in [2.05, 4.69) is 30.2 Å². The van der Waals surface area contributed by atoms with E-state index in [1.807, 2.05) is 30.8 Å². The normalized spacial score (nSPS) is 12.6. The maximum absolute atomic E-state index is 5.51. The fourth-order valence-electron chi connectivity index (χ4n) is 1.77. The van der Waals surface area contributed by atoms with E-state index in [9.17, 15) is 0 Å². The van der Waals surface area contributed by atoms with Crippen molar-refractivity contribution in [1.29, 1.82) is 0 Å². The van der Waals surface area contributed by atoms with Crippen LogP contribution in [0.4, 0.5) is 5.13 Å². The highest BCUT2D eigenvalue weighted by Gasteiger charge is 2.08. The highest BCUT2D eigenvalue weighted by molar-refractivity contribution is 7.99. The van der Waals surface area contributed by atoms with Gasteiger partial charge in [-0.25, -0.2) is 4.98 Å². The zero-order valence-corrected chi connectivity index (χ0v) is 13.2. The van der Waals surface area contributed by atoms with E-state index < -0.39 is 0 Å². The predicted octanol–water partition coefficient (Wildman–Crippen LogP) is 4.25. The number of nitrogens with zero attached hydrogens (tertiary/aromatic N) is 1. The second kappa shape index (κ2) is 7.01. The Balaban J connectivity index is 2.08. The van der Waals surface area contributed by atoms with Gasteiger partial charge in [-0.1, -0.05) is 18.3 Å². The van der Waals surface area contributed by atoms with Crippen LogP contribution in [-0.4, -0.2) is 29.1 Å². The lowest BCUT2D eigenvalue weighted by atomic mass is 10.3. The van der Waals surface area contributed by atoms with Crippen LogP contribution in [0, 0.1) is 0 Å². The van der Waals surface area contributed by atoms with Crippen LogP contribution in [0.5, 0.6) is 5.75 Å². The first-order valence-electron chi connectivity index (χ1n) is 6.60. The van der Waals surface area contributed by atoms with Gasteiger partial charge in [0.1, 0.15) is 5.75 Å². The van der Waals surface area contributed by atoms with Crippen molar-refractivity contribution in [2.24, 2.45) is 0 Å². The second-order valence-corrected chi connectivity index (χ2v) is 6.64. The Bertz CT molecular complexity index is 527. The quantitative estimate of drug-likeness (QED) is 0.828. The number of fused-ring (bicyclic) bond motifs is 1. The molecule has 0 bridgehead atoms. The molecule has 0 aliphatic carbocycles. The number of hydrogen-bond donors (Lipinski definition) is 1. The summed E-state index contributed by atoms with van der Waals surface area (Å²) in [4.78, 5) is 4.60. The van der Waals surface area contributed by atoms with Crippen molar-refractivity contribution in [3.05, 3.63) is 18.2 Å². The summed E-state index contributed by atoms with van der Waals surface area (Å²) in [5, 5.41) is 4.46. The molecule has 1 aromatic carbocycles. The molecular weight excluding hydrogens is 276 g/mol. The van der Waals surface area contributed by atoms with Crippen LogP contribution >= 0.6 is 23.1 Å². The zero-order valence-electron chi connectivity index (χ0n) is 11.6. The predicted molar refractivity (Wildman–Crippen MR) is 86.9 cm³/mol. The smallest absolute Gasteiger partial charge is 0.184 e. The van der Waals surface area contributed by atoms with Crippen LogP contribution in [0.25, 0.3) is 10.2 Å². The molecule has 1 unspecified atom stereocenters. The lowest BCUT2D eigenvalue weighted by Gasteiger charge is -2.11. The molecule has 0 saturated heterocycles. The van der Waals surface area contributed by atoms with Crippen molar-refractivity contribution in [1.82, 2.24) is 4.98 Å². The summed E-state index contributed by atoms with van der Waals surface area (Å²) in [5.74, 6) is 3.18.